The average Bonchev–Trinajstić information content (AvgIpc) is 3.50. The third-order valence-electron chi connectivity index (χ3n) is 6.93. The van der Waals surface area contributed by atoms with E-state index < -0.39 is 0 Å². The molecule has 1 aliphatic heterocycles. The van der Waals surface area contributed by atoms with Crippen molar-refractivity contribution in [1.82, 2.24) is 4.90 Å². The molecule has 0 N–H and O–H groups in total. The number of hydrogen-bond acceptors (Lipinski definition) is 3. The predicted octanol–water partition coefficient (Wildman–Crippen LogP) is 6.20. The number of ether oxygens (including phenoxy) is 2. The van der Waals surface area contributed by atoms with Gasteiger partial charge >= 0.3 is 0 Å². The van der Waals surface area contributed by atoms with Crippen molar-refractivity contribution in [2.24, 2.45) is 0 Å². The zero-order chi connectivity index (χ0) is 22.6. The number of carbonyl (C=O) groups excluding carboxylic acids is 1. The Labute approximate surface area is 196 Å². The molecule has 0 bridgehead atoms. The minimum atomic E-state index is 0.165. The fourth-order valence-corrected chi connectivity index (χ4v) is 5.14. The van der Waals surface area contributed by atoms with Crippen molar-refractivity contribution in [3.8, 4) is 22.6 Å². The Morgan fingerprint density at radius 1 is 0.909 bits per heavy atom. The summed E-state index contributed by atoms with van der Waals surface area (Å²) in [5, 5.41) is 0. The van der Waals surface area contributed by atoms with Gasteiger partial charge in [-0.2, -0.15) is 0 Å². The average molecular weight is 442 g/mol. The highest BCUT2D eigenvalue weighted by molar-refractivity contribution is 5.80. The Balaban J connectivity index is 1.33. The minimum absolute atomic E-state index is 0.165. The molecule has 170 valence electrons. The van der Waals surface area contributed by atoms with E-state index in [1.807, 2.05) is 17.0 Å². The van der Waals surface area contributed by atoms with Gasteiger partial charge in [0.25, 0.3) is 0 Å². The number of carbonyl (C=O) groups is 1. The van der Waals surface area contributed by atoms with Crippen molar-refractivity contribution in [1.29, 1.82) is 0 Å². The lowest BCUT2D eigenvalue weighted by atomic mass is 9.97. The topological polar surface area (TPSA) is 38.8 Å². The minimum Gasteiger partial charge on any atom is -0.493 e. The second kappa shape index (κ2) is 9.70. The number of amides is 1. The van der Waals surface area contributed by atoms with E-state index in [1.165, 1.54) is 29.5 Å². The first-order chi connectivity index (χ1) is 16.2. The lowest BCUT2D eigenvalue weighted by molar-refractivity contribution is -0.128. The molecule has 33 heavy (non-hydrogen) atoms. The van der Waals surface area contributed by atoms with Crippen LogP contribution in [0.4, 0.5) is 0 Å². The van der Waals surface area contributed by atoms with Crippen molar-refractivity contribution in [2.75, 3.05) is 13.7 Å². The normalized spacial score (nSPS) is 18.6. The first-order valence-corrected chi connectivity index (χ1v) is 12.0. The third-order valence-corrected chi connectivity index (χ3v) is 6.93. The van der Waals surface area contributed by atoms with Crippen LogP contribution in [0, 0.1) is 0 Å². The van der Waals surface area contributed by atoms with E-state index >= 15 is 0 Å². The zero-order valence-electron chi connectivity index (χ0n) is 19.2. The van der Waals surface area contributed by atoms with Gasteiger partial charge in [0.05, 0.1) is 13.2 Å². The maximum Gasteiger partial charge on any atom is 0.223 e. The van der Waals surface area contributed by atoms with E-state index in [2.05, 4.69) is 60.7 Å². The van der Waals surface area contributed by atoms with Crippen molar-refractivity contribution >= 4 is 5.91 Å². The Morgan fingerprint density at radius 3 is 2.45 bits per heavy atom. The SMILES string of the molecule is COc1ccc([C@@H]2CC(=O)N(Cc3ccccc3-c3ccccc3)C2)cc1OC1CCCC1. The van der Waals surface area contributed by atoms with Gasteiger partial charge in [-0.3, -0.25) is 4.79 Å². The quantitative estimate of drug-likeness (QED) is 0.438. The van der Waals surface area contributed by atoms with E-state index in [0.717, 1.165) is 36.4 Å². The van der Waals surface area contributed by atoms with Crippen LogP contribution < -0.4 is 9.47 Å². The summed E-state index contributed by atoms with van der Waals surface area (Å²) < 4.78 is 11.8. The smallest absolute Gasteiger partial charge is 0.223 e. The summed E-state index contributed by atoms with van der Waals surface area (Å²) in [6, 6.07) is 24.9. The Morgan fingerprint density at radius 2 is 1.67 bits per heavy atom. The maximum atomic E-state index is 13.0. The summed E-state index contributed by atoms with van der Waals surface area (Å²) in [6.45, 7) is 1.35. The molecule has 0 unspecified atom stereocenters. The summed E-state index contributed by atoms with van der Waals surface area (Å²) in [7, 11) is 1.68. The number of likely N-dealkylation sites (tertiary alicyclic amines) is 1. The molecule has 1 heterocycles. The molecule has 1 aliphatic carbocycles. The summed E-state index contributed by atoms with van der Waals surface area (Å²) in [5.74, 6) is 1.95. The molecule has 0 spiro atoms. The number of methoxy groups -OCH3 is 1. The molecule has 3 aromatic carbocycles. The van der Waals surface area contributed by atoms with Gasteiger partial charge in [-0.15, -0.1) is 0 Å². The first-order valence-electron chi connectivity index (χ1n) is 12.0. The second-order valence-electron chi connectivity index (χ2n) is 9.13. The van der Waals surface area contributed by atoms with Crippen LogP contribution in [0.5, 0.6) is 11.5 Å². The van der Waals surface area contributed by atoms with Crippen LogP contribution in [0.15, 0.2) is 72.8 Å². The fraction of sp³-hybridized carbons (Fsp3) is 0.345. The van der Waals surface area contributed by atoms with Gasteiger partial charge in [0.1, 0.15) is 0 Å². The largest absolute Gasteiger partial charge is 0.493 e. The molecule has 0 aromatic heterocycles. The van der Waals surface area contributed by atoms with Crippen LogP contribution in [-0.2, 0) is 11.3 Å². The summed E-state index contributed by atoms with van der Waals surface area (Å²) >= 11 is 0. The lowest BCUT2D eigenvalue weighted by Gasteiger charge is -2.20. The molecule has 1 atom stereocenters. The van der Waals surface area contributed by atoms with Crippen molar-refractivity contribution in [3.05, 3.63) is 83.9 Å². The highest BCUT2D eigenvalue weighted by Gasteiger charge is 2.32. The van der Waals surface area contributed by atoms with Gasteiger partial charge in [0, 0.05) is 25.4 Å². The molecule has 1 amide bonds. The molecular formula is C29H31NO3. The van der Waals surface area contributed by atoms with Crippen molar-refractivity contribution < 1.29 is 14.3 Å². The Kier molecular flexibility index (Phi) is 6.34. The molecule has 5 rings (SSSR count). The Bertz CT molecular complexity index is 1100. The van der Waals surface area contributed by atoms with Gasteiger partial charge in [0.15, 0.2) is 11.5 Å². The lowest BCUT2D eigenvalue weighted by Crippen LogP contribution is -2.24. The molecule has 4 nitrogen and oxygen atoms in total. The standard InChI is InChI=1S/C29H31NO3/c1-32-27-16-15-22(17-28(27)33-25-12-6-7-13-25)24-18-29(31)30(20-24)19-23-11-5-8-14-26(23)21-9-3-2-4-10-21/h2-5,8-11,14-17,24-25H,6-7,12-13,18-20H2,1H3/t24-/m1/s1. The van der Waals surface area contributed by atoms with E-state index in [0.29, 0.717) is 13.0 Å². The van der Waals surface area contributed by atoms with Gasteiger partial charge in [-0.1, -0.05) is 60.7 Å². The highest BCUT2D eigenvalue weighted by Crippen LogP contribution is 2.37. The summed E-state index contributed by atoms with van der Waals surface area (Å²) in [5.41, 5.74) is 4.69. The van der Waals surface area contributed by atoms with E-state index in [9.17, 15) is 4.79 Å². The molecule has 2 fully saturated rings. The number of benzene rings is 3. The van der Waals surface area contributed by atoms with Crippen LogP contribution in [0.25, 0.3) is 11.1 Å². The molecule has 1 saturated heterocycles. The fourth-order valence-electron chi connectivity index (χ4n) is 5.14. The van der Waals surface area contributed by atoms with Crippen LogP contribution in [0.1, 0.15) is 49.1 Å². The van der Waals surface area contributed by atoms with Crippen molar-refractivity contribution in [2.45, 2.75) is 50.7 Å². The van der Waals surface area contributed by atoms with E-state index in [1.54, 1.807) is 7.11 Å². The molecule has 2 aliphatic rings. The van der Waals surface area contributed by atoms with Gasteiger partial charge in [-0.25, -0.2) is 0 Å². The number of nitrogens with zero attached hydrogens (tertiary/aromatic N) is 1. The summed E-state index contributed by atoms with van der Waals surface area (Å²) in [4.78, 5) is 15.0. The molecule has 1 saturated carbocycles. The van der Waals surface area contributed by atoms with Gasteiger partial charge < -0.3 is 14.4 Å². The van der Waals surface area contributed by atoms with E-state index in [-0.39, 0.29) is 17.9 Å². The predicted molar refractivity (Wildman–Crippen MR) is 131 cm³/mol. The molecular weight excluding hydrogens is 410 g/mol. The summed E-state index contributed by atoms with van der Waals surface area (Å²) in [6.07, 6.45) is 5.45. The van der Waals surface area contributed by atoms with Crippen LogP contribution in [-0.4, -0.2) is 30.6 Å². The van der Waals surface area contributed by atoms with Crippen LogP contribution in [0.2, 0.25) is 0 Å². The molecule has 0 radical (unpaired) electrons. The highest BCUT2D eigenvalue weighted by atomic mass is 16.5. The van der Waals surface area contributed by atoms with Crippen LogP contribution in [0.3, 0.4) is 0 Å². The first kappa shape index (κ1) is 21.6. The van der Waals surface area contributed by atoms with Gasteiger partial charge in [-0.05, 0) is 60.1 Å². The zero-order valence-corrected chi connectivity index (χ0v) is 19.2. The maximum absolute atomic E-state index is 13.0. The molecule has 3 aromatic rings. The molecule has 4 heteroatoms. The van der Waals surface area contributed by atoms with Crippen LogP contribution >= 0.6 is 0 Å². The van der Waals surface area contributed by atoms with Gasteiger partial charge in [0.2, 0.25) is 5.91 Å². The monoisotopic (exact) mass is 441 g/mol. The third kappa shape index (κ3) is 4.75. The van der Waals surface area contributed by atoms with Crippen molar-refractivity contribution in [3.63, 3.8) is 0 Å². The number of rotatable bonds is 7. The number of hydrogen-bond donors (Lipinski definition) is 0. The van der Waals surface area contributed by atoms with E-state index in [4.69, 9.17) is 9.47 Å². The Hall–Kier alpha value is -3.27. The second-order valence-corrected chi connectivity index (χ2v) is 9.13.